The highest BCUT2D eigenvalue weighted by Gasteiger charge is 2.27. The van der Waals surface area contributed by atoms with E-state index in [1.807, 2.05) is 24.3 Å². The molecule has 1 saturated carbocycles. The van der Waals surface area contributed by atoms with E-state index in [-0.39, 0.29) is 23.3 Å². The number of carbonyl (C=O) groups is 2. The molecule has 1 aliphatic carbocycles. The van der Waals surface area contributed by atoms with Crippen molar-refractivity contribution in [1.29, 1.82) is 0 Å². The third kappa shape index (κ3) is 5.58. The van der Waals surface area contributed by atoms with Crippen LogP contribution in [0.1, 0.15) is 76.2 Å². The summed E-state index contributed by atoms with van der Waals surface area (Å²) < 4.78 is 0. The van der Waals surface area contributed by atoms with Crippen LogP contribution in [-0.4, -0.2) is 24.4 Å². The maximum Gasteiger partial charge on any atom is 0.251 e. The van der Waals surface area contributed by atoms with E-state index in [4.69, 9.17) is 0 Å². The summed E-state index contributed by atoms with van der Waals surface area (Å²) in [7, 11) is 0. The molecule has 0 aliphatic heterocycles. The summed E-state index contributed by atoms with van der Waals surface area (Å²) in [5, 5.41) is 5.99. The zero-order valence-corrected chi connectivity index (χ0v) is 16.9. The van der Waals surface area contributed by atoms with E-state index in [1.54, 1.807) is 0 Å². The Balaban J connectivity index is 1.76. The van der Waals surface area contributed by atoms with Crippen molar-refractivity contribution in [3.63, 3.8) is 0 Å². The van der Waals surface area contributed by atoms with Crippen LogP contribution < -0.4 is 10.6 Å². The van der Waals surface area contributed by atoms with Gasteiger partial charge in [0.25, 0.3) is 5.91 Å². The largest absolute Gasteiger partial charge is 0.353 e. The topological polar surface area (TPSA) is 58.2 Å². The van der Waals surface area contributed by atoms with Crippen LogP contribution in [0, 0.1) is 11.8 Å². The summed E-state index contributed by atoms with van der Waals surface area (Å²) in [6.45, 7) is 11.3. The van der Waals surface area contributed by atoms with Gasteiger partial charge in [-0.15, -0.1) is 0 Å². The van der Waals surface area contributed by atoms with E-state index < -0.39 is 0 Å². The Hall–Kier alpha value is -1.84. The van der Waals surface area contributed by atoms with Gasteiger partial charge in [0, 0.05) is 24.6 Å². The molecule has 1 aromatic carbocycles. The lowest BCUT2D eigenvalue weighted by Crippen LogP contribution is -2.44. The summed E-state index contributed by atoms with van der Waals surface area (Å²) in [6, 6.07) is 7.95. The number of hydrogen-bond donors (Lipinski definition) is 2. The molecule has 144 valence electrons. The highest BCUT2D eigenvalue weighted by Crippen LogP contribution is 2.29. The van der Waals surface area contributed by atoms with Crippen LogP contribution in [-0.2, 0) is 10.2 Å². The second-order valence-electron chi connectivity index (χ2n) is 8.77. The van der Waals surface area contributed by atoms with Crippen LogP contribution in [0.15, 0.2) is 24.3 Å². The van der Waals surface area contributed by atoms with Crippen molar-refractivity contribution in [3.05, 3.63) is 35.4 Å². The normalized spacial score (nSPS) is 23.3. The highest BCUT2D eigenvalue weighted by atomic mass is 16.2. The molecule has 0 radical (unpaired) electrons. The summed E-state index contributed by atoms with van der Waals surface area (Å²) in [5.41, 5.74) is 1.90. The van der Waals surface area contributed by atoms with E-state index in [9.17, 15) is 9.59 Å². The van der Waals surface area contributed by atoms with Gasteiger partial charge in [-0.2, -0.15) is 0 Å². The second-order valence-corrected chi connectivity index (χ2v) is 8.77. The van der Waals surface area contributed by atoms with E-state index in [1.165, 1.54) is 18.4 Å². The fraction of sp³-hybridized carbons (Fsp3) is 0.636. The minimum absolute atomic E-state index is 0.0272. The maximum atomic E-state index is 12.2. The predicted octanol–water partition coefficient (Wildman–Crippen LogP) is 4.04. The van der Waals surface area contributed by atoms with Gasteiger partial charge in [0.05, 0.1) is 0 Å². The molecule has 0 unspecified atom stereocenters. The molecule has 0 spiro atoms. The Labute approximate surface area is 158 Å². The van der Waals surface area contributed by atoms with Crippen LogP contribution in [0.3, 0.4) is 0 Å². The predicted molar refractivity (Wildman–Crippen MR) is 106 cm³/mol. The third-order valence-corrected chi connectivity index (χ3v) is 5.70. The molecule has 4 nitrogen and oxygen atoms in total. The third-order valence-electron chi connectivity index (χ3n) is 5.70. The van der Waals surface area contributed by atoms with E-state index >= 15 is 0 Å². The van der Waals surface area contributed by atoms with Gasteiger partial charge < -0.3 is 10.6 Å². The first-order valence-electron chi connectivity index (χ1n) is 9.86. The quantitative estimate of drug-likeness (QED) is 0.834. The standard InChI is InChI=1S/C22H34N2O2/c1-15-7-6-8-19(16(15)2)24-20(25)13-14-23-21(26)17-9-11-18(12-10-17)22(3,4)5/h9-12,15-16,19H,6-8,13-14H2,1-5H3,(H,23,26)(H,24,25)/t15-,16-,19+/m1/s1. The van der Waals surface area contributed by atoms with Crippen molar-refractivity contribution in [2.45, 2.75) is 71.8 Å². The van der Waals surface area contributed by atoms with Gasteiger partial charge >= 0.3 is 0 Å². The zero-order chi connectivity index (χ0) is 19.3. The smallest absolute Gasteiger partial charge is 0.251 e. The summed E-state index contributed by atoms with van der Waals surface area (Å²) in [6.07, 6.45) is 3.81. The number of hydrogen-bond acceptors (Lipinski definition) is 2. The van der Waals surface area contributed by atoms with Crippen molar-refractivity contribution in [1.82, 2.24) is 10.6 Å². The molecule has 1 aliphatic rings. The molecule has 1 fully saturated rings. The molecule has 26 heavy (non-hydrogen) atoms. The molecule has 3 atom stereocenters. The fourth-order valence-corrected chi connectivity index (χ4v) is 3.58. The van der Waals surface area contributed by atoms with Crippen LogP contribution in [0.25, 0.3) is 0 Å². The fourth-order valence-electron chi connectivity index (χ4n) is 3.58. The Morgan fingerprint density at radius 1 is 1.08 bits per heavy atom. The first-order chi connectivity index (χ1) is 12.2. The van der Waals surface area contributed by atoms with Gasteiger partial charge in [0.2, 0.25) is 5.91 Å². The van der Waals surface area contributed by atoms with Crippen LogP contribution in [0.5, 0.6) is 0 Å². The van der Waals surface area contributed by atoms with Gasteiger partial charge in [0.15, 0.2) is 0 Å². The van der Waals surface area contributed by atoms with Crippen molar-refractivity contribution in [3.8, 4) is 0 Å². The van der Waals surface area contributed by atoms with Gasteiger partial charge in [-0.05, 0) is 41.4 Å². The van der Waals surface area contributed by atoms with E-state index in [0.717, 1.165) is 6.42 Å². The summed E-state index contributed by atoms with van der Waals surface area (Å²) >= 11 is 0. The Morgan fingerprint density at radius 3 is 2.35 bits per heavy atom. The summed E-state index contributed by atoms with van der Waals surface area (Å²) in [4.78, 5) is 24.4. The lowest BCUT2D eigenvalue weighted by molar-refractivity contribution is -0.122. The molecular weight excluding hydrogens is 324 g/mol. The first kappa shape index (κ1) is 20.5. The van der Waals surface area contributed by atoms with E-state index in [0.29, 0.717) is 30.4 Å². The second kappa shape index (κ2) is 8.70. The van der Waals surface area contributed by atoms with Gasteiger partial charge in [0.1, 0.15) is 0 Å². The molecule has 0 aromatic heterocycles. The Morgan fingerprint density at radius 2 is 1.73 bits per heavy atom. The van der Waals surface area contributed by atoms with Gasteiger partial charge in [-0.1, -0.05) is 59.6 Å². The van der Waals surface area contributed by atoms with Gasteiger partial charge in [-0.3, -0.25) is 9.59 Å². The summed E-state index contributed by atoms with van der Waals surface area (Å²) in [5.74, 6) is 1.07. The molecule has 2 N–H and O–H groups in total. The SMILES string of the molecule is C[C@@H]1[C@H](C)CCC[C@@H]1NC(=O)CCNC(=O)c1ccc(C(C)(C)C)cc1. The number of amides is 2. The number of nitrogens with one attached hydrogen (secondary N) is 2. The zero-order valence-electron chi connectivity index (χ0n) is 16.9. The van der Waals surface area contributed by atoms with Gasteiger partial charge in [-0.25, -0.2) is 0 Å². The Kier molecular flexibility index (Phi) is 6.85. The monoisotopic (exact) mass is 358 g/mol. The average Bonchev–Trinajstić information content (AvgIpc) is 2.58. The number of carbonyl (C=O) groups excluding carboxylic acids is 2. The lowest BCUT2D eigenvalue weighted by Gasteiger charge is -2.34. The molecule has 1 aromatic rings. The molecule has 4 heteroatoms. The number of rotatable bonds is 5. The lowest BCUT2D eigenvalue weighted by atomic mass is 9.78. The Bertz CT molecular complexity index is 616. The van der Waals surface area contributed by atoms with Crippen molar-refractivity contribution in [2.75, 3.05) is 6.54 Å². The van der Waals surface area contributed by atoms with Crippen molar-refractivity contribution < 1.29 is 9.59 Å². The highest BCUT2D eigenvalue weighted by molar-refractivity contribution is 5.94. The molecule has 0 bridgehead atoms. The van der Waals surface area contributed by atoms with E-state index in [2.05, 4.69) is 45.3 Å². The minimum Gasteiger partial charge on any atom is -0.353 e. The minimum atomic E-state index is -0.127. The van der Waals surface area contributed by atoms with Crippen LogP contribution in [0.2, 0.25) is 0 Å². The molecular formula is C22H34N2O2. The first-order valence-corrected chi connectivity index (χ1v) is 9.86. The molecule has 2 amide bonds. The van der Waals surface area contributed by atoms with Crippen molar-refractivity contribution in [2.24, 2.45) is 11.8 Å². The maximum absolute atomic E-state index is 12.2. The molecule has 0 heterocycles. The average molecular weight is 359 g/mol. The molecule has 0 saturated heterocycles. The van der Waals surface area contributed by atoms with Crippen molar-refractivity contribution >= 4 is 11.8 Å². The molecule has 2 rings (SSSR count). The van der Waals surface area contributed by atoms with Crippen LogP contribution in [0.4, 0.5) is 0 Å². The number of benzene rings is 1. The van der Waals surface area contributed by atoms with Crippen LogP contribution >= 0.6 is 0 Å².